The highest BCUT2D eigenvalue weighted by Gasteiger charge is 2.27. The van der Waals surface area contributed by atoms with E-state index in [0.29, 0.717) is 25.2 Å². The number of hydrogen-bond donors (Lipinski definition) is 0. The van der Waals surface area contributed by atoms with Crippen LogP contribution >= 0.6 is 0 Å². The Morgan fingerprint density at radius 1 is 1.18 bits per heavy atom. The van der Waals surface area contributed by atoms with Crippen molar-refractivity contribution in [1.29, 1.82) is 0 Å². The van der Waals surface area contributed by atoms with Gasteiger partial charge in [0.1, 0.15) is 0 Å². The molecule has 17 heavy (non-hydrogen) atoms. The van der Waals surface area contributed by atoms with Crippen LogP contribution in [0.1, 0.15) is 36.8 Å². The number of Topliss-reactive ketones (excluding diaryl/α,β-unsaturated/α-hetero) is 2. The number of carbonyl (C=O) groups is 2. The first-order chi connectivity index (χ1) is 8.16. The molecule has 1 aromatic carbocycles. The average molecular weight is 230 g/mol. The molecule has 0 aromatic heterocycles. The van der Waals surface area contributed by atoms with Crippen molar-refractivity contribution < 1.29 is 9.59 Å². The lowest BCUT2D eigenvalue weighted by molar-refractivity contribution is -0.136. The van der Waals surface area contributed by atoms with Crippen molar-refractivity contribution in [3.05, 3.63) is 35.4 Å². The molecule has 0 unspecified atom stereocenters. The summed E-state index contributed by atoms with van der Waals surface area (Å²) in [6, 6.07) is 8.01. The molecule has 1 aliphatic rings. The molecule has 0 N–H and O–H groups in total. The minimum atomic E-state index is -0.194. The topological polar surface area (TPSA) is 34.1 Å². The number of benzene rings is 1. The second-order valence-electron chi connectivity index (χ2n) is 4.92. The van der Waals surface area contributed by atoms with Gasteiger partial charge in [-0.2, -0.15) is 0 Å². The molecule has 2 heteroatoms. The summed E-state index contributed by atoms with van der Waals surface area (Å²) in [5.74, 6) is 0.145. The van der Waals surface area contributed by atoms with Gasteiger partial charge in [0.25, 0.3) is 0 Å². The van der Waals surface area contributed by atoms with E-state index in [4.69, 9.17) is 0 Å². The molecule has 0 bridgehead atoms. The van der Waals surface area contributed by atoms with E-state index in [2.05, 4.69) is 0 Å². The Morgan fingerprint density at radius 3 is 2.53 bits per heavy atom. The van der Waals surface area contributed by atoms with Crippen LogP contribution in [0.25, 0.3) is 0 Å². The average Bonchev–Trinajstić information content (AvgIpc) is 3.11. The Kier molecular flexibility index (Phi) is 3.72. The van der Waals surface area contributed by atoms with Crippen LogP contribution in [0.5, 0.6) is 0 Å². The summed E-state index contributed by atoms with van der Waals surface area (Å²) in [5, 5.41) is 0. The Hall–Kier alpha value is -1.44. The summed E-state index contributed by atoms with van der Waals surface area (Å²) in [6.45, 7) is 2.03. The molecule has 0 heterocycles. The van der Waals surface area contributed by atoms with Crippen molar-refractivity contribution >= 4 is 11.6 Å². The SMILES string of the molecule is Cc1ccccc1CCC(=O)C(=O)CC1CC1. The van der Waals surface area contributed by atoms with E-state index in [1.807, 2.05) is 31.2 Å². The van der Waals surface area contributed by atoms with Crippen molar-refractivity contribution in [3.63, 3.8) is 0 Å². The molecule has 1 aliphatic carbocycles. The van der Waals surface area contributed by atoms with Crippen molar-refractivity contribution in [1.82, 2.24) is 0 Å². The molecule has 1 saturated carbocycles. The van der Waals surface area contributed by atoms with Gasteiger partial charge in [-0.1, -0.05) is 24.3 Å². The third kappa shape index (κ3) is 3.52. The second-order valence-corrected chi connectivity index (χ2v) is 4.92. The predicted molar refractivity (Wildman–Crippen MR) is 66.9 cm³/mol. The minimum absolute atomic E-state index is 0.166. The number of aryl methyl sites for hydroxylation is 2. The summed E-state index contributed by atoms with van der Waals surface area (Å²) >= 11 is 0. The molecule has 0 spiro atoms. The van der Waals surface area contributed by atoms with Gasteiger partial charge >= 0.3 is 0 Å². The van der Waals surface area contributed by atoms with E-state index in [1.165, 1.54) is 11.1 Å². The van der Waals surface area contributed by atoms with Gasteiger partial charge in [-0.25, -0.2) is 0 Å². The van der Waals surface area contributed by atoms with Gasteiger partial charge in [0, 0.05) is 12.8 Å². The minimum Gasteiger partial charge on any atom is -0.291 e. The molecule has 0 saturated heterocycles. The van der Waals surface area contributed by atoms with Crippen molar-refractivity contribution in [2.24, 2.45) is 5.92 Å². The molecular formula is C15H18O2. The van der Waals surface area contributed by atoms with E-state index in [1.54, 1.807) is 0 Å². The Labute approximate surface area is 102 Å². The Balaban J connectivity index is 1.83. The van der Waals surface area contributed by atoms with Crippen LogP contribution in [0.4, 0.5) is 0 Å². The van der Waals surface area contributed by atoms with Gasteiger partial charge in [0.15, 0.2) is 11.6 Å². The summed E-state index contributed by atoms with van der Waals surface area (Å²) in [4.78, 5) is 23.2. The third-order valence-corrected chi connectivity index (χ3v) is 3.36. The lowest BCUT2D eigenvalue weighted by Gasteiger charge is -2.04. The maximum Gasteiger partial charge on any atom is 0.198 e. The fourth-order valence-corrected chi connectivity index (χ4v) is 1.98. The van der Waals surface area contributed by atoms with Gasteiger partial charge in [-0.05, 0) is 43.2 Å². The lowest BCUT2D eigenvalue weighted by Crippen LogP contribution is -2.15. The quantitative estimate of drug-likeness (QED) is 0.704. The normalized spacial score (nSPS) is 14.6. The highest BCUT2D eigenvalue weighted by atomic mass is 16.2. The smallest absolute Gasteiger partial charge is 0.198 e. The molecule has 1 fully saturated rings. The maximum absolute atomic E-state index is 11.6. The van der Waals surface area contributed by atoms with Crippen LogP contribution in [0, 0.1) is 12.8 Å². The summed E-state index contributed by atoms with van der Waals surface area (Å²) in [7, 11) is 0. The number of rotatable bonds is 6. The Morgan fingerprint density at radius 2 is 1.88 bits per heavy atom. The number of hydrogen-bond acceptors (Lipinski definition) is 2. The zero-order valence-electron chi connectivity index (χ0n) is 10.2. The standard InChI is InChI=1S/C15H18O2/c1-11-4-2-3-5-13(11)8-9-14(16)15(17)10-12-6-7-12/h2-5,12H,6-10H2,1H3. The van der Waals surface area contributed by atoms with Gasteiger partial charge in [-0.15, -0.1) is 0 Å². The van der Waals surface area contributed by atoms with Crippen molar-refractivity contribution in [2.45, 2.75) is 39.0 Å². The van der Waals surface area contributed by atoms with Crippen LogP contribution in [0.2, 0.25) is 0 Å². The molecule has 0 atom stereocenters. The molecule has 2 rings (SSSR count). The molecule has 0 radical (unpaired) electrons. The molecule has 2 nitrogen and oxygen atoms in total. The first-order valence-corrected chi connectivity index (χ1v) is 6.27. The zero-order valence-corrected chi connectivity index (χ0v) is 10.2. The van der Waals surface area contributed by atoms with Crippen LogP contribution in [-0.4, -0.2) is 11.6 Å². The first-order valence-electron chi connectivity index (χ1n) is 6.27. The molecule has 90 valence electrons. The molecular weight excluding hydrogens is 212 g/mol. The van der Waals surface area contributed by atoms with Gasteiger partial charge in [0.2, 0.25) is 0 Å². The highest BCUT2D eigenvalue weighted by Crippen LogP contribution is 2.32. The van der Waals surface area contributed by atoms with E-state index >= 15 is 0 Å². The van der Waals surface area contributed by atoms with Gasteiger partial charge in [0.05, 0.1) is 0 Å². The van der Waals surface area contributed by atoms with Crippen molar-refractivity contribution in [3.8, 4) is 0 Å². The summed E-state index contributed by atoms with van der Waals surface area (Å²) < 4.78 is 0. The highest BCUT2D eigenvalue weighted by molar-refractivity contribution is 6.37. The Bertz CT molecular complexity index is 430. The molecule has 1 aromatic rings. The van der Waals surface area contributed by atoms with E-state index in [9.17, 15) is 9.59 Å². The third-order valence-electron chi connectivity index (χ3n) is 3.36. The molecule has 0 amide bonds. The van der Waals surface area contributed by atoms with Crippen LogP contribution in [0.15, 0.2) is 24.3 Å². The van der Waals surface area contributed by atoms with Gasteiger partial charge in [-0.3, -0.25) is 9.59 Å². The van der Waals surface area contributed by atoms with E-state index in [-0.39, 0.29) is 11.6 Å². The first kappa shape index (κ1) is 12.0. The fraction of sp³-hybridized carbons (Fsp3) is 0.467. The van der Waals surface area contributed by atoms with Crippen LogP contribution < -0.4 is 0 Å². The van der Waals surface area contributed by atoms with Gasteiger partial charge < -0.3 is 0 Å². The number of ketones is 2. The van der Waals surface area contributed by atoms with Crippen molar-refractivity contribution in [2.75, 3.05) is 0 Å². The summed E-state index contributed by atoms with van der Waals surface area (Å²) in [6.07, 6.45) is 3.76. The fourth-order valence-electron chi connectivity index (χ4n) is 1.98. The lowest BCUT2D eigenvalue weighted by atomic mass is 10.00. The van der Waals surface area contributed by atoms with Crippen LogP contribution in [0.3, 0.4) is 0 Å². The zero-order chi connectivity index (χ0) is 12.3. The maximum atomic E-state index is 11.6. The summed E-state index contributed by atoms with van der Waals surface area (Å²) in [5.41, 5.74) is 2.36. The second kappa shape index (κ2) is 5.26. The molecule has 0 aliphatic heterocycles. The number of carbonyl (C=O) groups excluding carboxylic acids is 2. The van der Waals surface area contributed by atoms with Crippen LogP contribution in [-0.2, 0) is 16.0 Å². The monoisotopic (exact) mass is 230 g/mol. The largest absolute Gasteiger partial charge is 0.291 e. The van der Waals surface area contributed by atoms with E-state index in [0.717, 1.165) is 12.8 Å². The van der Waals surface area contributed by atoms with E-state index < -0.39 is 0 Å². The predicted octanol–water partition coefficient (Wildman–Crippen LogP) is 2.87.